The third-order valence-corrected chi connectivity index (χ3v) is 3.02. The van der Waals surface area contributed by atoms with Crippen LogP contribution in [0.5, 0.6) is 0 Å². The summed E-state index contributed by atoms with van der Waals surface area (Å²) in [6, 6.07) is 5.33. The number of hydrogen-bond acceptors (Lipinski definition) is 2. The fourth-order valence-corrected chi connectivity index (χ4v) is 2.18. The summed E-state index contributed by atoms with van der Waals surface area (Å²) in [5, 5.41) is 1.16. The average Bonchev–Trinajstić information content (AvgIpc) is 2.24. The normalized spacial score (nSPS) is 12.3. The van der Waals surface area contributed by atoms with Gasteiger partial charge in [-0.05, 0) is 37.1 Å². The van der Waals surface area contributed by atoms with Gasteiger partial charge in [-0.3, -0.25) is 4.79 Å². The van der Waals surface area contributed by atoms with Gasteiger partial charge in [0, 0.05) is 36.1 Å². The highest BCUT2D eigenvalue weighted by Gasteiger charge is 2.10. The van der Waals surface area contributed by atoms with E-state index >= 15 is 0 Å². The Labute approximate surface area is 118 Å². The van der Waals surface area contributed by atoms with Crippen LogP contribution in [0.1, 0.15) is 25.3 Å². The van der Waals surface area contributed by atoms with Crippen molar-refractivity contribution in [3.63, 3.8) is 0 Å². The first kappa shape index (κ1) is 15.3. The molecule has 0 radical (unpaired) electrons. The van der Waals surface area contributed by atoms with Crippen molar-refractivity contribution in [3.8, 4) is 0 Å². The number of halogens is 2. The second-order valence-electron chi connectivity index (χ2n) is 4.54. The maximum absolute atomic E-state index is 11.8. The van der Waals surface area contributed by atoms with Crippen LogP contribution in [0.15, 0.2) is 18.2 Å². The highest BCUT2D eigenvalue weighted by atomic mass is 35.5. The Kier molecular flexibility index (Phi) is 5.93. The van der Waals surface area contributed by atoms with Gasteiger partial charge < -0.3 is 10.6 Å². The van der Waals surface area contributed by atoms with Crippen molar-refractivity contribution >= 4 is 29.1 Å². The number of carbonyl (C=O) groups is 1. The van der Waals surface area contributed by atoms with Crippen molar-refractivity contribution in [2.75, 3.05) is 7.05 Å². The molecule has 0 aliphatic rings. The summed E-state index contributed by atoms with van der Waals surface area (Å²) in [5.41, 5.74) is 6.55. The molecule has 1 aromatic carbocycles. The molecule has 0 aliphatic heterocycles. The van der Waals surface area contributed by atoms with Crippen LogP contribution in [-0.2, 0) is 11.3 Å². The average molecular weight is 289 g/mol. The Morgan fingerprint density at radius 2 is 1.89 bits per heavy atom. The number of amides is 1. The van der Waals surface area contributed by atoms with Crippen LogP contribution in [0.25, 0.3) is 0 Å². The summed E-state index contributed by atoms with van der Waals surface area (Å²) >= 11 is 11.8. The predicted octanol–water partition coefficient (Wildman–Crippen LogP) is 3.08. The van der Waals surface area contributed by atoms with Crippen LogP contribution >= 0.6 is 23.2 Å². The first-order chi connectivity index (χ1) is 8.38. The van der Waals surface area contributed by atoms with Gasteiger partial charge in [0.2, 0.25) is 5.91 Å². The molecule has 0 aromatic heterocycles. The lowest BCUT2D eigenvalue weighted by molar-refractivity contribution is -0.130. The molecule has 0 bridgehead atoms. The fourth-order valence-electron chi connectivity index (χ4n) is 1.61. The van der Waals surface area contributed by atoms with Gasteiger partial charge in [0.05, 0.1) is 0 Å². The molecule has 0 heterocycles. The highest BCUT2D eigenvalue weighted by Crippen LogP contribution is 2.20. The van der Waals surface area contributed by atoms with E-state index in [1.54, 1.807) is 18.0 Å². The molecule has 18 heavy (non-hydrogen) atoms. The van der Waals surface area contributed by atoms with Crippen molar-refractivity contribution in [2.24, 2.45) is 5.73 Å². The molecule has 1 amide bonds. The Balaban J connectivity index is 2.58. The SMILES string of the molecule is CC(N)CCC(=O)N(C)Cc1cc(Cl)cc(Cl)c1. The number of carbonyl (C=O) groups excluding carboxylic acids is 1. The maximum Gasteiger partial charge on any atom is 0.222 e. The molecule has 3 nitrogen and oxygen atoms in total. The van der Waals surface area contributed by atoms with Crippen LogP contribution in [0.3, 0.4) is 0 Å². The number of rotatable bonds is 5. The molecule has 0 aliphatic carbocycles. The van der Waals surface area contributed by atoms with Crippen molar-refractivity contribution in [1.29, 1.82) is 0 Å². The zero-order chi connectivity index (χ0) is 13.7. The van der Waals surface area contributed by atoms with Crippen LogP contribution in [-0.4, -0.2) is 23.9 Å². The first-order valence-corrected chi connectivity index (χ1v) is 6.58. The minimum Gasteiger partial charge on any atom is -0.341 e. The molecule has 0 saturated heterocycles. The lowest BCUT2D eigenvalue weighted by Crippen LogP contribution is -2.28. The smallest absolute Gasteiger partial charge is 0.222 e. The summed E-state index contributed by atoms with van der Waals surface area (Å²) in [6.07, 6.45) is 1.15. The predicted molar refractivity (Wildman–Crippen MR) is 75.8 cm³/mol. The molecule has 1 aromatic rings. The summed E-state index contributed by atoms with van der Waals surface area (Å²) < 4.78 is 0. The number of nitrogens with zero attached hydrogens (tertiary/aromatic N) is 1. The van der Waals surface area contributed by atoms with Crippen LogP contribution < -0.4 is 5.73 Å². The Bertz CT molecular complexity index is 401. The Morgan fingerprint density at radius 1 is 1.33 bits per heavy atom. The van der Waals surface area contributed by atoms with E-state index in [2.05, 4.69) is 0 Å². The first-order valence-electron chi connectivity index (χ1n) is 5.83. The largest absolute Gasteiger partial charge is 0.341 e. The lowest BCUT2D eigenvalue weighted by Gasteiger charge is -2.18. The van der Waals surface area contributed by atoms with E-state index in [1.807, 2.05) is 19.1 Å². The van der Waals surface area contributed by atoms with Gasteiger partial charge in [0.25, 0.3) is 0 Å². The van der Waals surface area contributed by atoms with Crippen LogP contribution in [0, 0.1) is 0 Å². The molecule has 0 spiro atoms. The quantitative estimate of drug-likeness (QED) is 0.905. The van der Waals surface area contributed by atoms with E-state index in [0.717, 1.165) is 5.56 Å². The number of hydrogen-bond donors (Lipinski definition) is 1. The minimum atomic E-state index is 0.0444. The highest BCUT2D eigenvalue weighted by molar-refractivity contribution is 6.34. The monoisotopic (exact) mass is 288 g/mol. The van der Waals surface area contributed by atoms with Crippen molar-refractivity contribution in [1.82, 2.24) is 4.90 Å². The second kappa shape index (κ2) is 6.98. The fraction of sp³-hybridized carbons (Fsp3) is 0.462. The molecule has 1 unspecified atom stereocenters. The summed E-state index contributed by atoms with van der Waals surface area (Å²) in [6.45, 7) is 2.39. The van der Waals surface area contributed by atoms with Crippen molar-refractivity contribution in [2.45, 2.75) is 32.4 Å². The number of nitrogens with two attached hydrogens (primary N) is 1. The van der Waals surface area contributed by atoms with E-state index in [9.17, 15) is 4.79 Å². The standard InChI is InChI=1S/C13H18Cl2N2O/c1-9(16)3-4-13(18)17(2)8-10-5-11(14)7-12(15)6-10/h5-7,9H,3-4,8,16H2,1-2H3. The summed E-state index contributed by atoms with van der Waals surface area (Å²) in [4.78, 5) is 13.5. The van der Waals surface area contributed by atoms with E-state index in [4.69, 9.17) is 28.9 Å². The van der Waals surface area contributed by atoms with Gasteiger partial charge in [0.1, 0.15) is 0 Å². The molecule has 5 heteroatoms. The lowest BCUT2D eigenvalue weighted by atomic mass is 10.1. The second-order valence-corrected chi connectivity index (χ2v) is 5.42. The van der Waals surface area contributed by atoms with E-state index in [1.165, 1.54) is 0 Å². The van der Waals surface area contributed by atoms with E-state index < -0.39 is 0 Å². The van der Waals surface area contributed by atoms with Crippen molar-refractivity contribution in [3.05, 3.63) is 33.8 Å². The van der Waals surface area contributed by atoms with Gasteiger partial charge in [-0.15, -0.1) is 0 Å². The zero-order valence-corrected chi connectivity index (χ0v) is 12.1. The van der Waals surface area contributed by atoms with E-state index in [-0.39, 0.29) is 11.9 Å². The zero-order valence-electron chi connectivity index (χ0n) is 10.6. The third kappa shape index (κ3) is 5.25. The molecular formula is C13H18Cl2N2O. The molecule has 0 fully saturated rings. The molecule has 1 atom stereocenters. The topological polar surface area (TPSA) is 46.3 Å². The van der Waals surface area contributed by atoms with Gasteiger partial charge in [0.15, 0.2) is 0 Å². The molecule has 0 saturated carbocycles. The van der Waals surface area contributed by atoms with Gasteiger partial charge >= 0.3 is 0 Å². The maximum atomic E-state index is 11.8. The van der Waals surface area contributed by atoms with Crippen LogP contribution in [0.2, 0.25) is 10.0 Å². The minimum absolute atomic E-state index is 0.0444. The Morgan fingerprint density at radius 3 is 2.39 bits per heavy atom. The molecule has 100 valence electrons. The van der Waals surface area contributed by atoms with Gasteiger partial charge in [-0.1, -0.05) is 23.2 Å². The molecule has 2 N–H and O–H groups in total. The van der Waals surface area contributed by atoms with Crippen molar-refractivity contribution < 1.29 is 4.79 Å². The molecule has 1 rings (SSSR count). The molecular weight excluding hydrogens is 271 g/mol. The number of benzene rings is 1. The summed E-state index contributed by atoms with van der Waals surface area (Å²) in [5.74, 6) is 0.0726. The summed E-state index contributed by atoms with van der Waals surface area (Å²) in [7, 11) is 1.76. The van der Waals surface area contributed by atoms with Gasteiger partial charge in [-0.2, -0.15) is 0 Å². The third-order valence-electron chi connectivity index (χ3n) is 2.58. The van der Waals surface area contributed by atoms with Crippen LogP contribution in [0.4, 0.5) is 0 Å². The van der Waals surface area contributed by atoms with Gasteiger partial charge in [-0.25, -0.2) is 0 Å². The van der Waals surface area contributed by atoms with E-state index in [0.29, 0.717) is 29.4 Å². The Hall–Kier alpha value is -0.770.